The lowest BCUT2D eigenvalue weighted by Gasteiger charge is -2.02. The lowest BCUT2D eigenvalue weighted by atomic mass is 10.1. The van der Waals surface area contributed by atoms with Crippen molar-refractivity contribution in [3.05, 3.63) is 52.0 Å². The molecule has 4 nitrogen and oxygen atoms in total. The molecule has 0 radical (unpaired) electrons. The fourth-order valence-corrected chi connectivity index (χ4v) is 1.45. The SMILES string of the molecule is Cc1cc(-c2ccco2)c([N+](=O)[O-])cc1F. The number of furan rings is 1. The van der Waals surface area contributed by atoms with Gasteiger partial charge in [0, 0.05) is 0 Å². The third-order valence-corrected chi connectivity index (χ3v) is 2.26. The fraction of sp³-hybridized carbons (Fsp3) is 0.0909. The minimum atomic E-state index is -0.625. The van der Waals surface area contributed by atoms with E-state index in [0.717, 1.165) is 6.07 Å². The summed E-state index contributed by atoms with van der Waals surface area (Å²) in [5.41, 5.74) is 0.337. The number of rotatable bonds is 2. The quantitative estimate of drug-likeness (QED) is 0.577. The number of aryl methyl sites for hydroxylation is 1. The Balaban J connectivity index is 2.68. The van der Waals surface area contributed by atoms with Crippen LogP contribution in [0, 0.1) is 22.9 Å². The molecule has 0 aliphatic heterocycles. The third-order valence-electron chi connectivity index (χ3n) is 2.26. The van der Waals surface area contributed by atoms with Gasteiger partial charge in [-0.1, -0.05) is 0 Å². The first-order valence-corrected chi connectivity index (χ1v) is 4.58. The second kappa shape index (κ2) is 3.77. The fourth-order valence-electron chi connectivity index (χ4n) is 1.45. The van der Waals surface area contributed by atoms with E-state index in [1.807, 2.05) is 0 Å². The van der Waals surface area contributed by atoms with Crippen molar-refractivity contribution in [3.63, 3.8) is 0 Å². The van der Waals surface area contributed by atoms with Gasteiger partial charge in [-0.2, -0.15) is 0 Å². The zero-order valence-electron chi connectivity index (χ0n) is 8.44. The Morgan fingerprint density at radius 2 is 2.19 bits per heavy atom. The molecule has 0 spiro atoms. The minimum absolute atomic E-state index is 0.286. The Hall–Kier alpha value is -2.17. The predicted octanol–water partition coefficient (Wildman–Crippen LogP) is 3.30. The summed E-state index contributed by atoms with van der Waals surface area (Å²) in [6.45, 7) is 1.55. The van der Waals surface area contributed by atoms with Gasteiger partial charge in [-0.15, -0.1) is 0 Å². The van der Waals surface area contributed by atoms with E-state index in [-0.39, 0.29) is 11.3 Å². The Kier molecular flexibility index (Phi) is 2.44. The van der Waals surface area contributed by atoms with Gasteiger partial charge in [-0.3, -0.25) is 10.1 Å². The molecule has 0 fully saturated rings. The largest absolute Gasteiger partial charge is 0.464 e. The molecule has 5 heteroatoms. The number of nitrogens with zero attached hydrogens (tertiary/aromatic N) is 1. The molecule has 0 unspecified atom stereocenters. The molecule has 1 heterocycles. The van der Waals surface area contributed by atoms with Gasteiger partial charge in [0.05, 0.1) is 22.8 Å². The van der Waals surface area contributed by atoms with Crippen LogP contribution in [0.25, 0.3) is 11.3 Å². The van der Waals surface area contributed by atoms with Crippen LogP contribution in [0.5, 0.6) is 0 Å². The second-order valence-electron chi connectivity index (χ2n) is 3.35. The normalized spacial score (nSPS) is 10.4. The Morgan fingerprint density at radius 1 is 1.44 bits per heavy atom. The van der Waals surface area contributed by atoms with Crippen LogP contribution in [-0.4, -0.2) is 4.92 Å². The van der Waals surface area contributed by atoms with E-state index in [2.05, 4.69) is 0 Å². The van der Waals surface area contributed by atoms with Crippen LogP contribution in [0.2, 0.25) is 0 Å². The van der Waals surface area contributed by atoms with Crippen molar-refractivity contribution in [2.75, 3.05) is 0 Å². The molecule has 0 saturated heterocycles. The number of hydrogen-bond acceptors (Lipinski definition) is 3. The maximum Gasteiger partial charge on any atom is 0.283 e. The molecule has 82 valence electrons. The average molecular weight is 221 g/mol. The first-order valence-electron chi connectivity index (χ1n) is 4.58. The summed E-state index contributed by atoms with van der Waals surface area (Å²) in [6, 6.07) is 5.54. The number of nitro groups is 1. The van der Waals surface area contributed by atoms with Crippen LogP contribution >= 0.6 is 0 Å². The summed E-state index contributed by atoms with van der Waals surface area (Å²) in [4.78, 5) is 10.2. The van der Waals surface area contributed by atoms with Crippen LogP contribution in [0.4, 0.5) is 10.1 Å². The minimum Gasteiger partial charge on any atom is -0.464 e. The van der Waals surface area contributed by atoms with Crippen LogP contribution in [0.15, 0.2) is 34.9 Å². The monoisotopic (exact) mass is 221 g/mol. The van der Waals surface area contributed by atoms with Crippen molar-refractivity contribution >= 4 is 5.69 Å². The smallest absolute Gasteiger partial charge is 0.283 e. The van der Waals surface area contributed by atoms with Crippen LogP contribution in [0.1, 0.15) is 5.56 Å². The average Bonchev–Trinajstić information content (AvgIpc) is 2.74. The summed E-state index contributed by atoms with van der Waals surface area (Å²) in [5, 5.41) is 10.8. The summed E-state index contributed by atoms with van der Waals surface area (Å²) in [7, 11) is 0. The van der Waals surface area contributed by atoms with E-state index < -0.39 is 10.7 Å². The van der Waals surface area contributed by atoms with E-state index >= 15 is 0 Å². The van der Waals surface area contributed by atoms with Crippen molar-refractivity contribution in [1.82, 2.24) is 0 Å². The number of benzene rings is 1. The molecule has 0 saturated carbocycles. The molecular weight excluding hydrogens is 213 g/mol. The Labute approximate surface area is 90.5 Å². The molecule has 0 aliphatic carbocycles. The maximum absolute atomic E-state index is 13.2. The predicted molar refractivity (Wildman–Crippen MR) is 55.5 cm³/mol. The molecule has 0 aliphatic rings. The van der Waals surface area contributed by atoms with Crippen LogP contribution in [0.3, 0.4) is 0 Å². The lowest BCUT2D eigenvalue weighted by molar-refractivity contribution is -0.384. The highest BCUT2D eigenvalue weighted by Crippen LogP contribution is 2.32. The molecule has 0 N–H and O–H groups in total. The highest BCUT2D eigenvalue weighted by Gasteiger charge is 2.19. The second-order valence-corrected chi connectivity index (χ2v) is 3.35. The molecule has 16 heavy (non-hydrogen) atoms. The van der Waals surface area contributed by atoms with Gasteiger partial charge in [0.2, 0.25) is 0 Å². The molecular formula is C11H8FNO3. The molecule has 1 aromatic heterocycles. The number of nitro benzene ring substituents is 1. The first-order chi connectivity index (χ1) is 7.59. The van der Waals surface area contributed by atoms with E-state index in [4.69, 9.17) is 4.42 Å². The standard InChI is InChI=1S/C11H8FNO3/c1-7-5-8(11-3-2-4-16-11)10(13(14)15)6-9(7)12/h2-6H,1H3. The molecule has 0 bridgehead atoms. The molecule has 2 aromatic rings. The molecule has 0 atom stereocenters. The van der Waals surface area contributed by atoms with Gasteiger partial charge in [0.25, 0.3) is 5.69 Å². The van der Waals surface area contributed by atoms with Crippen LogP contribution < -0.4 is 0 Å². The van der Waals surface area contributed by atoms with E-state index in [1.165, 1.54) is 12.3 Å². The lowest BCUT2D eigenvalue weighted by Crippen LogP contribution is -1.94. The van der Waals surface area contributed by atoms with Gasteiger partial charge in [0.15, 0.2) is 0 Å². The number of hydrogen-bond donors (Lipinski definition) is 0. The Bertz CT molecular complexity index is 534. The maximum atomic E-state index is 13.2. The van der Waals surface area contributed by atoms with E-state index in [0.29, 0.717) is 11.3 Å². The van der Waals surface area contributed by atoms with Gasteiger partial charge < -0.3 is 4.42 Å². The van der Waals surface area contributed by atoms with Gasteiger partial charge >= 0.3 is 0 Å². The molecule has 2 rings (SSSR count). The van der Waals surface area contributed by atoms with Gasteiger partial charge in [-0.05, 0) is 30.7 Å². The van der Waals surface area contributed by atoms with E-state index in [9.17, 15) is 14.5 Å². The molecule has 1 aromatic carbocycles. The van der Waals surface area contributed by atoms with Crippen LogP contribution in [-0.2, 0) is 0 Å². The Morgan fingerprint density at radius 3 is 2.75 bits per heavy atom. The summed E-state index contributed by atoms with van der Waals surface area (Å²) in [6.07, 6.45) is 1.41. The third kappa shape index (κ3) is 1.67. The van der Waals surface area contributed by atoms with Crippen molar-refractivity contribution < 1.29 is 13.7 Å². The van der Waals surface area contributed by atoms with E-state index in [1.54, 1.807) is 19.1 Å². The van der Waals surface area contributed by atoms with Crippen molar-refractivity contribution in [2.45, 2.75) is 6.92 Å². The summed E-state index contributed by atoms with van der Waals surface area (Å²) in [5.74, 6) is -0.239. The number of halogens is 1. The summed E-state index contributed by atoms with van der Waals surface area (Å²) >= 11 is 0. The van der Waals surface area contributed by atoms with Crippen molar-refractivity contribution in [3.8, 4) is 11.3 Å². The van der Waals surface area contributed by atoms with Gasteiger partial charge in [0.1, 0.15) is 11.6 Å². The summed E-state index contributed by atoms with van der Waals surface area (Å²) < 4.78 is 18.3. The van der Waals surface area contributed by atoms with Crippen molar-refractivity contribution in [2.24, 2.45) is 0 Å². The zero-order chi connectivity index (χ0) is 11.7. The zero-order valence-corrected chi connectivity index (χ0v) is 8.44. The highest BCUT2D eigenvalue weighted by molar-refractivity contribution is 5.70. The highest BCUT2D eigenvalue weighted by atomic mass is 19.1. The first kappa shape index (κ1) is 10.4. The topological polar surface area (TPSA) is 56.3 Å². The molecule has 0 amide bonds. The van der Waals surface area contributed by atoms with Crippen molar-refractivity contribution in [1.29, 1.82) is 0 Å². The van der Waals surface area contributed by atoms with Gasteiger partial charge in [-0.25, -0.2) is 4.39 Å².